The molecule has 0 amide bonds. The second-order valence-corrected chi connectivity index (χ2v) is 2.75. The highest BCUT2D eigenvalue weighted by Gasteiger charge is 2.06. The quantitative estimate of drug-likeness (QED) is 0.680. The molecule has 0 aliphatic heterocycles. The Kier molecular flexibility index (Phi) is 2.84. The van der Waals surface area contributed by atoms with Crippen molar-refractivity contribution in [2.45, 2.75) is 13.3 Å². The highest BCUT2D eigenvalue weighted by Crippen LogP contribution is 2.10. The predicted octanol–water partition coefficient (Wildman–Crippen LogP) is 0.688. The number of nitrogen functional groups attached to an aromatic ring is 1. The Morgan fingerprint density at radius 1 is 1.62 bits per heavy atom. The first kappa shape index (κ1) is 9.51. The number of aromatic nitrogens is 1. The zero-order valence-corrected chi connectivity index (χ0v) is 7.70. The fraction of sp³-hybridized carbons (Fsp3) is 0.333. The Hall–Kier alpha value is -1.58. The van der Waals surface area contributed by atoms with E-state index in [0.29, 0.717) is 11.4 Å². The summed E-state index contributed by atoms with van der Waals surface area (Å²) in [7, 11) is 1.35. The Labute approximate surface area is 76.7 Å². The summed E-state index contributed by atoms with van der Waals surface area (Å²) >= 11 is 0. The van der Waals surface area contributed by atoms with Crippen molar-refractivity contribution in [2.24, 2.45) is 0 Å². The fourth-order valence-corrected chi connectivity index (χ4v) is 0.983. The van der Waals surface area contributed by atoms with Crippen LogP contribution in [0.25, 0.3) is 0 Å². The molecule has 0 bridgehead atoms. The van der Waals surface area contributed by atoms with E-state index in [-0.39, 0.29) is 12.4 Å². The number of ether oxygens (including phenoxy) is 1. The summed E-state index contributed by atoms with van der Waals surface area (Å²) in [5.41, 5.74) is 7.15. The lowest BCUT2D eigenvalue weighted by Gasteiger charge is -2.03. The molecular weight excluding hydrogens is 168 g/mol. The van der Waals surface area contributed by atoms with E-state index in [9.17, 15) is 4.79 Å². The standard InChI is InChI=1S/C9H12N2O2/c1-6-3-4-7(9(10)11-6)5-8(12)13-2/h3-4H,5H2,1-2H3,(H2,10,11). The lowest BCUT2D eigenvalue weighted by molar-refractivity contribution is -0.139. The number of methoxy groups -OCH3 is 1. The maximum absolute atomic E-state index is 10.9. The Morgan fingerprint density at radius 2 is 2.31 bits per heavy atom. The van der Waals surface area contributed by atoms with Crippen LogP contribution in [0.4, 0.5) is 5.82 Å². The first-order chi connectivity index (χ1) is 6.13. The lowest BCUT2D eigenvalue weighted by atomic mass is 10.2. The number of esters is 1. The van der Waals surface area contributed by atoms with Gasteiger partial charge in [-0.1, -0.05) is 6.07 Å². The number of rotatable bonds is 2. The molecule has 1 heterocycles. The molecule has 0 saturated heterocycles. The van der Waals surface area contributed by atoms with Gasteiger partial charge in [0.15, 0.2) is 0 Å². The molecular formula is C9H12N2O2. The van der Waals surface area contributed by atoms with Crippen molar-refractivity contribution < 1.29 is 9.53 Å². The van der Waals surface area contributed by atoms with Crippen LogP contribution in [0.1, 0.15) is 11.3 Å². The monoisotopic (exact) mass is 180 g/mol. The van der Waals surface area contributed by atoms with Gasteiger partial charge in [-0.15, -0.1) is 0 Å². The molecule has 2 N–H and O–H groups in total. The highest BCUT2D eigenvalue weighted by molar-refractivity contribution is 5.74. The summed E-state index contributed by atoms with van der Waals surface area (Å²) in [5, 5.41) is 0. The summed E-state index contributed by atoms with van der Waals surface area (Å²) in [6.07, 6.45) is 0.176. The van der Waals surface area contributed by atoms with Gasteiger partial charge in [0, 0.05) is 11.3 Å². The molecule has 4 nitrogen and oxygen atoms in total. The molecule has 4 heteroatoms. The Morgan fingerprint density at radius 3 is 2.85 bits per heavy atom. The van der Waals surface area contributed by atoms with Crippen LogP contribution in [0.15, 0.2) is 12.1 Å². The largest absolute Gasteiger partial charge is 0.469 e. The molecule has 1 aromatic heterocycles. The van der Waals surface area contributed by atoms with Crippen LogP contribution in [0.5, 0.6) is 0 Å². The number of pyridine rings is 1. The van der Waals surface area contributed by atoms with Crippen LogP contribution in [0.2, 0.25) is 0 Å². The molecule has 0 atom stereocenters. The summed E-state index contributed by atoms with van der Waals surface area (Å²) in [5.74, 6) is 0.0859. The minimum Gasteiger partial charge on any atom is -0.469 e. The van der Waals surface area contributed by atoms with Gasteiger partial charge in [0.05, 0.1) is 13.5 Å². The van der Waals surface area contributed by atoms with E-state index in [1.807, 2.05) is 13.0 Å². The molecule has 70 valence electrons. The number of carbonyl (C=O) groups excluding carboxylic acids is 1. The topological polar surface area (TPSA) is 65.2 Å². The van der Waals surface area contributed by atoms with Crippen LogP contribution in [0, 0.1) is 6.92 Å². The minimum absolute atomic E-state index is 0.176. The molecule has 1 rings (SSSR count). The second kappa shape index (κ2) is 3.89. The Bertz CT molecular complexity index is 323. The molecule has 0 aromatic carbocycles. The molecule has 0 fully saturated rings. The summed E-state index contributed by atoms with van der Waals surface area (Å²) in [6.45, 7) is 1.85. The number of anilines is 1. The van der Waals surface area contributed by atoms with Crippen LogP contribution < -0.4 is 5.73 Å². The SMILES string of the molecule is COC(=O)Cc1ccc(C)nc1N. The zero-order valence-electron chi connectivity index (χ0n) is 7.70. The van der Waals surface area contributed by atoms with Crippen molar-refractivity contribution in [3.63, 3.8) is 0 Å². The van der Waals surface area contributed by atoms with Gasteiger partial charge in [-0.05, 0) is 13.0 Å². The molecule has 0 aliphatic rings. The number of aryl methyl sites for hydroxylation is 1. The summed E-state index contributed by atoms with van der Waals surface area (Å²) < 4.78 is 4.52. The van der Waals surface area contributed by atoms with E-state index in [1.54, 1.807) is 6.07 Å². The third-order valence-electron chi connectivity index (χ3n) is 1.71. The Balaban J connectivity index is 2.83. The van der Waals surface area contributed by atoms with Gasteiger partial charge >= 0.3 is 5.97 Å². The maximum Gasteiger partial charge on any atom is 0.310 e. The minimum atomic E-state index is -0.308. The van der Waals surface area contributed by atoms with Gasteiger partial charge < -0.3 is 10.5 Å². The second-order valence-electron chi connectivity index (χ2n) is 2.75. The molecule has 0 radical (unpaired) electrons. The number of nitrogens with zero attached hydrogens (tertiary/aromatic N) is 1. The van der Waals surface area contributed by atoms with Crippen LogP contribution >= 0.6 is 0 Å². The predicted molar refractivity (Wildman–Crippen MR) is 49.1 cm³/mol. The smallest absolute Gasteiger partial charge is 0.310 e. The third kappa shape index (κ3) is 2.43. The molecule has 0 unspecified atom stereocenters. The highest BCUT2D eigenvalue weighted by atomic mass is 16.5. The van der Waals surface area contributed by atoms with Gasteiger partial charge in [0.2, 0.25) is 0 Å². The van der Waals surface area contributed by atoms with E-state index >= 15 is 0 Å². The molecule has 0 spiro atoms. The number of nitrogens with two attached hydrogens (primary N) is 1. The van der Waals surface area contributed by atoms with E-state index in [2.05, 4.69) is 9.72 Å². The molecule has 13 heavy (non-hydrogen) atoms. The van der Waals surface area contributed by atoms with Crippen molar-refractivity contribution in [3.05, 3.63) is 23.4 Å². The van der Waals surface area contributed by atoms with Crippen LogP contribution in [0.3, 0.4) is 0 Å². The van der Waals surface area contributed by atoms with Gasteiger partial charge in [-0.25, -0.2) is 4.98 Å². The van der Waals surface area contributed by atoms with E-state index in [4.69, 9.17) is 5.73 Å². The van der Waals surface area contributed by atoms with Crippen molar-refractivity contribution in [2.75, 3.05) is 12.8 Å². The fourth-order valence-electron chi connectivity index (χ4n) is 0.983. The van der Waals surface area contributed by atoms with E-state index in [0.717, 1.165) is 5.69 Å². The van der Waals surface area contributed by atoms with Gasteiger partial charge in [0.1, 0.15) is 5.82 Å². The van der Waals surface area contributed by atoms with E-state index in [1.165, 1.54) is 7.11 Å². The van der Waals surface area contributed by atoms with Gasteiger partial charge in [0.25, 0.3) is 0 Å². The van der Waals surface area contributed by atoms with Crippen molar-refractivity contribution >= 4 is 11.8 Å². The molecule has 0 aliphatic carbocycles. The average molecular weight is 180 g/mol. The average Bonchev–Trinajstić information content (AvgIpc) is 2.09. The van der Waals surface area contributed by atoms with Crippen molar-refractivity contribution in [1.29, 1.82) is 0 Å². The normalized spacial score (nSPS) is 9.69. The van der Waals surface area contributed by atoms with E-state index < -0.39 is 0 Å². The third-order valence-corrected chi connectivity index (χ3v) is 1.71. The summed E-state index contributed by atoms with van der Waals surface area (Å²) in [6, 6.07) is 3.60. The first-order valence-electron chi connectivity index (χ1n) is 3.92. The van der Waals surface area contributed by atoms with Gasteiger partial charge in [-0.3, -0.25) is 4.79 Å². The lowest BCUT2D eigenvalue weighted by Crippen LogP contribution is -2.08. The molecule has 1 aromatic rings. The number of carbonyl (C=O) groups is 1. The molecule has 0 saturated carbocycles. The maximum atomic E-state index is 10.9. The first-order valence-corrected chi connectivity index (χ1v) is 3.92. The van der Waals surface area contributed by atoms with Crippen molar-refractivity contribution in [1.82, 2.24) is 4.98 Å². The van der Waals surface area contributed by atoms with Crippen molar-refractivity contribution in [3.8, 4) is 0 Å². The van der Waals surface area contributed by atoms with Gasteiger partial charge in [-0.2, -0.15) is 0 Å². The zero-order chi connectivity index (χ0) is 9.84. The summed E-state index contributed by atoms with van der Waals surface area (Å²) in [4.78, 5) is 14.9. The van der Waals surface area contributed by atoms with Crippen LogP contribution in [-0.2, 0) is 16.0 Å². The van der Waals surface area contributed by atoms with Crippen LogP contribution in [-0.4, -0.2) is 18.1 Å². The number of hydrogen-bond donors (Lipinski definition) is 1. The number of hydrogen-bond acceptors (Lipinski definition) is 4.